The van der Waals surface area contributed by atoms with E-state index < -0.39 is 17.3 Å². The Balaban J connectivity index is 2.42. The summed E-state index contributed by atoms with van der Waals surface area (Å²) in [7, 11) is 5.07. The van der Waals surface area contributed by atoms with Crippen LogP contribution in [0.4, 0.5) is 13.2 Å². The number of hydrogen-bond acceptors (Lipinski definition) is 3. The van der Waals surface area contributed by atoms with Gasteiger partial charge in [0, 0.05) is 12.3 Å². The molecule has 7 heteroatoms. The molecule has 0 atom stereocenters. The van der Waals surface area contributed by atoms with E-state index in [9.17, 15) is 18.0 Å². The third-order valence-corrected chi connectivity index (χ3v) is 3.56. The molecule has 0 saturated heterocycles. The highest BCUT2D eigenvalue weighted by molar-refractivity contribution is 5.41. The normalized spacial score (nSPS) is 11.2. The lowest BCUT2D eigenvalue weighted by Crippen LogP contribution is -2.24. The summed E-state index contributed by atoms with van der Waals surface area (Å²) in [6, 6.07) is 7.55. The summed E-state index contributed by atoms with van der Waals surface area (Å²) >= 11 is 0. The van der Waals surface area contributed by atoms with E-state index >= 15 is 0 Å². The number of ether oxygens (including phenoxy) is 1. The van der Waals surface area contributed by atoms with Crippen molar-refractivity contribution in [1.82, 2.24) is 9.47 Å². The second-order valence-electron chi connectivity index (χ2n) is 5.95. The van der Waals surface area contributed by atoms with Crippen LogP contribution >= 0.6 is 0 Å². The molecule has 0 aliphatic heterocycles. The standard InChI is InChI=1S/C19H19F3N2O2/c1-23(2)10-4-5-15-13-24(18(25)11-17(15)19(20,21)22)12-14-6-8-16(26-3)9-7-14/h6-9,11,13H,10,12H2,1-3H3. The molecule has 26 heavy (non-hydrogen) atoms. The molecule has 0 aliphatic rings. The van der Waals surface area contributed by atoms with Gasteiger partial charge in [-0.05, 0) is 31.8 Å². The maximum atomic E-state index is 13.2. The number of methoxy groups -OCH3 is 1. The maximum absolute atomic E-state index is 13.2. The van der Waals surface area contributed by atoms with Gasteiger partial charge in [-0.3, -0.25) is 9.69 Å². The highest BCUT2D eigenvalue weighted by atomic mass is 19.4. The molecule has 0 N–H and O–H groups in total. The van der Waals surface area contributed by atoms with Crippen LogP contribution in [0.3, 0.4) is 0 Å². The number of nitrogens with zero attached hydrogens (tertiary/aromatic N) is 2. The third-order valence-electron chi connectivity index (χ3n) is 3.56. The molecule has 1 heterocycles. The molecule has 0 bridgehead atoms. The summed E-state index contributed by atoms with van der Waals surface area (Å²) < 4.78 is 45.9. The minimum atomic E-state index is -4.64. The number of alkyl halides is 3. The minimum Gasteiger partial charge on any atom is -0.497 e. The summed E-state index contributed by atoms with van der Waals surface area (Å²) in [5, 5.41) is 0. The minimum absolute atomic E-state index is 0.142. The van der Waals surface area contributed by atoms with Crippen molar-refractivity contribution in [2.24, 2.45) is 0 Å². The number of rotatable bonds is 4. The van der Waals surface area contributed by atoms with Crippen LogP contribution in [0.5, 0.6) is 5.75 Å². The van der Waals surface area contributed by atoms with Gasteiger partial charge in [0.15, 0.2) is 0 Å². The van der Waals surface area contributed by atoms with E-state index in [1.54, 1.807) is 43.3 Å². The van der Waals surface area contributed by atoms with Gasteiger partial charge in [0.05, 0.1) is 31.3 Å². The van der Waals surface area contributed by atoms with Crippen molar-refractivity contribution in [3.05, 3.63) is 63.6 Å². The Bertz CT molecular complexity index is 873. The quantitative estimate of drug-likeness (QED) is 0.783. The number of benzene rings is 1. The topological polar surface area (TPSA) is 34.5 Å². The summed E-state index contributed by atoms with van der Waals surface area (Å²) in [5.74, 6) is 5.87. The molecule has 1 aromatic heterocycles. The summed E-state index contributed by atoms with van der Waals surface area (Å²) in [6.07, 6.45) is -3.47. The van der Waals surface area contributed by atoms with E-state index in [4.69, 9.17) is 4.74 Å². The lowest BCUT2D eigenvalue weighted by atomic mass is 10.1. The second kappa shape index (κ2) is 8.11. The molecule has 0 fully saturated rings. The predicted molar refractivity (Wildman–Crippen MR) is 93.2 cm³/mol. The van der Waals surface area contributed by atoms with Crippen molar-refractivity contribution in [3.8, 4) is 17.6 Å². The molecule has 1 aromatic carbocycles. The van der Waals surface area contributed by atoms with Crippen LogP contribution in [0.25, 0.3) is 0 Å². The molecular formula is C19H19F3N2O2. The van der Waals surface area contributed by atoms with E-state index in [1.807, 2.05) is 0 Å². The SMILES string of the molecule is COc1ccc(Cn2cc(C#CCN(C)C)c(C(F)(F)F)cc2=O)cc1. The van der Waals surface area contributed by atoms with Gasteiger partial charge in [-0.25, -0.2) is 0 Å². The number of hydrogen-bond donors (Lipinski definition) is 0. The first-order chi connectivity index (χ1) is 12.2. The van der Waals surface area contributed by atoms with Crippen LogP contribution < -0.4 is 10.3 Å². The van der Waals surface area contributed by atoms with E-state index in [2.05, 4.69) is 11.8 Å². The van der Waals surface area contributed by atoms with Crippen molar-refractivity contribution >= 4 is 0 Å². The first kappa shape index (κ1) is 19.6. The van der Waals surface area contributed by atoms with Crippen LogP contribution in [-0.2, 0) is 12.7 Å². The third kappa shape index (κ3) is 5.14. The molecule has 0 unspecified atom stereocenters. The fourth-order valence-corrected chi connectivity index (χ4v) is 2.25. The maximum Gasteiger partial charge on any atom is 0.417 e. The molecule has 0 spiro atoms. The zero-order valence-electron chi connectivity index (χ0n) is 14.7. The fourth-order valence-electron chi connectivity index (χ4n) is 2.25. The van der Waals surface area contributed by atoms with Gasteiger partial charge >= 0.3 is 6.18 Å². The molecule has 4 nitrogen and oxygen atoms in total. The zero-order chi connectivity index (χ0) is 19.3. The largest absolute Gasteiger partial charge is 0.497 e. The van der Waals surface area contributed by atoms with Crippen molar-refractivity contribution in [3.63, 3.8) is 0 Å². The van der Waals surface area contributed by atoms with Crippen LogP contribution in [0.2, 0.25) is 0 Å². The Morgan fingerprint density at radius 1 is 1.19 bits per heavy atom. The van der Waals surface area contributed by atoms with Crippen molar-refractivity contribution < 1.29 is 17.9 Å². The van der Waals surface area contributed by atoms with E-state index in [-0.39, 0.29) is 12.1 Å². The summed E-state index contributed by atoms with van der Waals surface area (Å²) in [5.41, 5.74) is -1.20. The van der Waals surface area contributed by atoms with Crippen LogP contribution in [0.1, 0.15) is 16.7 Å². The Morgan fingerprint density at radius 2 is 1.85 bits per heavy atom. The first-order valence-corrected chi connectivity index (χ1v) is 7.79. The molecule has 2 rings (SSSR count). The predicted octanol–water partition coefficient (Wildman–Crippen LogP) is 2.84. The van der Waals surface area contributed by atoms with E-state index in [1.165, 1.54) is 11.7 Å². The van der Waals surface area contributed by atoms with E-state index in [0.717, 1.165) is 11.8 Å². The molecule has 0 saturated carbocycles. The van der Waals surface area contributed by atoms with Gasteiger partial charge in [0.1, 0.15) is 5.75 Å². The average molecular weight is 364 g/mol. The van der Waals surface area contributed by atoms with Crippen LogP contribution in [0, 0.1) is 11.8 Å². The van der Waals surface area contributed by atoms with Crippen molar-refractivity contribution in [2.75, 3.05) is 27.7 Å². The highest BCUT2D eigenvalue weighted by Gasteiger charge is 2.34. The molecule has 0 radical (unpaired) electrons. The lowest BCUT2D eigenvalue weighted by molar-refractivity contribution is -0.137. The van der Waals surface area contributed by atoms with Gasteiger partial charge in [0.2, 0.25) is 0 Å². The molecule has 0 amide bonds. The van der Waals surface area contributed by atoms with Crippen molar-refractivity contribution in [2.45, 2.75) is 12.7 Å². The first-order valence-electron chi connectivity index (χ1n) is 7.79. The molecule has 0 aliphatic carbocycles. The Kier molecular flexibility index (Phi) is 6.11. The number of aromatic nitrogens is 1. The monoisotopic (exact) mass is 364 g/mol. The Hall–Kier alpha value is -2.72. The van der Waals surface area contributed by atoms with Gasteiger partial charge in [-0.2, -0.15) is 13.2 Å². The molecule has 138 valence electrons. The number of pyridine rings is 1. The Morgan fingerprint density at radius 3 is 2.38 bits per heavy atom. The lowest BCUT2D eigenvalue weighted by Gasteiger charge is -2.13. The van der Waals surface area contributed by atoms with Gasteiger partial charge < -0.3 is 9.30 Å². The highest BCUT2D eigenvalue weighted by Crippen LogP contribution is 2.30. The van der Waals surface area contributed by atoms with Gasteiger partial charge in [0.25, 0.3) is 5.56 Å². The van der Waals surface area contributed by atoms with Crippen LogP contribution in [0.15, 0.2) is 41.3 Å². The van der Waals surface area contributed by atoms with Gasteiger partial charge in [-0.1, -0.05) is 24.0 Å². The van der Waals surface area contributed by atoms with Crippen LogP contribution in [-0.4, -0.2) is 37.2 Å². The number of halogens is 3. The zero-order valence-corrected chi connectivity index (χ0v) is 14.7. The summed E-state index contributed by atoms with van der Waals surface area (Å²) in [6.45, 7) is 0.457. The van der Waals surface area contributed by atoms with Gasteiger partial charge in [-0.15, -0.1) is 0 Å². The molecule has 2 aromatic rings. The average Bonchev–Trinajstić information content (AvgIpc) is 2.56. The summed E-state index contributed by atoms with van der Waals surface area (Å²) in [4.78, 5) is 13.9. The molecular weight excluding hydrogens is 345 g/mol. The Labute approximate surface area is 149 Å². The second-order valence-corrected chi connectivity index (χ2v) is 5.95. The van der Waals surface area contributed by atoms with E-state index in [0.29, 0.717) is 18.4 Å². The van der Waals surface area contributed by atoms with Crippen molar-refractivity contribution in [1.29, 1.82) is 0 Å². The smallest absolute Gasteiger partial charge is 0.417 e. The fraction of sp³-hybridized carbons (Fsp3) is 0.316.